The quantitative estimate of drug-likeness (QED) is 0.466. The molecule has 0 aliphatic heterocycles. The van der Waals surface area contributed by atoms with Gasteiger partial charge < -0.3 is 4.74 Å². The van der Waals surface area contributed by atoms with Crippen LogP contribution in [-0.4, -0.2) is 34.4 Å². The van der Waals surface area contributed by atoms with Gasteiger partial charge in [0.15, 0.2) is 6.29 Å². The van der Waals surface area contributed by atoms with Crippen LogP contribution in [0.2, 0.25) is 0 Å². The van der Waals surface area contributed by atoms with Crippen molar-refractivity contribution in [3.63, 3.8) is 0 Å². The van der Waals surface area contributed by atoms with Gasteiger partial charge in [0, 0.05) is 0 Å². The zero-order valence-electron chi connectivity index (χ0n) is 11.9. The minimum atomic E-state index is -0.308. The van der Waals surface area contributed by atoms with Crippen LogP contribution in [0.1, 0.15) is 23.0 Å². The molecular formula is C15H16N2O3S. The molecule has 0 amide bonds. The third-order valence-corrected chi connectivity index (χ3v) is 3.86. The van der Waals surface area contributed by atoms with Crippen molar-refractivity contribution < 1.29 is 14.3 Å². The first kappa shape index (κ1) is 15.3. The summed E-state index contributed by atoms with van der Waals surface area (Å²) in [5, 5.41) is 5.04. The molecule has 1 aromatic heterocycles. The number of carbonyl (C=O) groups excluding carboxylic acids is 2. The van der Waals surface area contributed by atoms with E-state index in [2.05, 4.69) is 5.10 Å². The lowest BCUT2D eigenvalue weighted by Gasteiger charge is -2.07. The average molecular weight is 304 g/mol. The predicted octanol–water partition coefficient (Wildman–Crippen LogP) is 2.65. The molecule has 0 bridgehead atoms. The van der Waals surface area contributed by atoms with E-state index >= 15 is 0 Å². The second-order valence-corrected chi connectivity index (χ2v) is 5.23. The summed E-state index contributed by atoms with van der Waals surface area (Å²) >= 11 is 1.26. The molecule has 0 atom stereocenters. The molecule has 1 heterocycles. The summed E-state index contributed by atoms with van der Waals surface area (Å²) in [6.45, 7) is 3.88. The minimum absolute atomic E-state index is 0.145. The van der Waals surface area contributed by atoms with Crippen LogP contribution in [0.3, 0.4) is 0 Å². The number of aromatic nitrogens is 2. The van der Waals surface area contributed by atoms with Crippen molar-refractivity contribution in [3.8, 4) is 5.69 Å². The van der Waals surface area contributed by atoms with Crippen molar-refractivity contribution in [1.82, 2.24) is 9.78 Å². The number of nitrogens with zero attached hydrogens (tertiary/aromatic N) is 2. The molecule has 0 fully saturated rings. The molecule has 1 aromatic carbocycles. The molecule has 0 unspecified atom stereocenters. The highest BCUT2D eigenvalue weighted by Gasteiger charge is 2.17. The normalized spacial score (nSPS) is 10.4. The van der Waals surface area contributed by atoms with Gasteiger partial charge in [0.25, 0.3) is 0 Å². The van der Waals surface area contributed by atoms with Gasteiger partial charge in [-0.3, -0.25) is 9.59 Å². The van der Waals surface area contributed by atoms with Gasteiger partial charge in [0.2, 0.25) is 0 Å². The first-order chi connectivity index (χ1) is 10.2. The fourth-order valence-corrected chi connectivity index (χ4v) is 2.82. The maximum atomic E-state index is 11.5. The standard InChI is InChI=1S/C15H16N2O3S/c1-3-20-14(19)10-21-15-13(9-18)11(2)16-17(15)12-7-5-4-6-8-12/h4-9H,3,10H2,1-2H3. The monoisotopic (exact) mass is 304 g/mol. The van der Waals surface area contributed by atoms with Crippen LogP contribution in [0.4, 0.5) is 0 Å². The van der Waals surface area contributed by atoms with Gasteiger partial charge in [-0.25, -0.2) is 4.68 Å². The number of carbonyl (C=O) groups is 2. The van der Waals surface area contributed by atoms with Crippen molar-refractivity contribution in [2.75, 3.05) is 12.4 Å². The van der Waals surface area contributed by atoms with Crippen molar-refractivity contribution >= 4 is 24.0 Å². The van der Waals surface area contributed by atoms with Crippen LogP contribution in [0.5, 0.6) is 0 Å². The summed E-state index contributed by atoms with van der Waals surface area (Å²) in [7, 11) is 0. The number of ether oxygens (including phenoxy) is 1. The number of benzene rings is 1. The summed E-state index contributed by atoms with van der Waals surface area (Å²) in [6.07, 6.45) is 0.773. The number of rotatable bonds is 6. The SMILES string of the molecule is CCOC(=O)CSc1c(C=O)c(C)nn1-c1ccccc1. The molecule has 0 aliphatic rings. The Balaban J connectivity index is 2.33. The zero-order valence-corrected chi connectivity index (χ0v) is 12.7. The van der Waals surface area contributed by atoms with Crippen LogP contribution in [0.15, 0.2) is 35.4 Å². The lowest BCUT2D eigenvalue weighted by molar-refractivity contribution is -0.139. The van der Waals surface area contributed by atoms with Gasteiger partial charge in [0.05, 0.1) is 29.3 Å². The first-order valence-electron chi connectivity index (χ1n) is 6.56. The molecular weight excluding hydrogens is 288 g/mol. The van der Waals surface area contributed by atoms with Gasteiger partial charge in [-0.05, 0) is 26.0 Å². The third-order valence-electron chi connectivity index (χ3n) is 2.81. The lowest BCUT2D eigenvalue weighted by atomic mass is 10.3. The second-order valence-electron chi connectivity index (χ2n) is 4.26. The number of aldehydes is 1. The van der Waals surface area contributed by atoms with E-state index in [1.54, 1.807) is 18.5 Å². The van der Waals surface area contributed by atoms with E-state index in [-0.39, 0.29) is 11.7 Å². The molecule has 6 heteroatoms. The number of thioether (sulfide) groups is 1. The second kappa shape index (κ2) is 7.08. The Labute approximate surface area is 127 Å². The van der Waals surface area contributed by atoms with Crippen LogP contribution < -0.4 is 0 Å². The fourth-order valence-electron chi connectivity index (χ4n) is 1.87. The van der Waals surface area contributed by atoms with Crippen molar-refractivity contribution in [2.24, 2.45) is 0 Å². The molecule has 2 rings (SSSR count). The molecule has 0 N–H and O–H groups in total. The van der Waals surface area contributed by atoms with Crippen LogP contribution in [0, 0.1) is 6.92 Å². The third kappa shape index (κ3) is 3.52. The molecule has 21 heavy (non-hydrogen) atoms. The molecule has 110 valence electrons. The summed E-state index contributed by atoms with van der Waals surface area (Å²) in [4.78, 5) is 22.8. The van der Waals surface area contributed by atoms with E-state index in [1.165, 1.54) is 11.8 Å². The Bertz CT molecular complexity index is 638. The highest BCUT2D eigenvalue weighted by molar-refractivity contribution is 8.00. The van der Waals surface area contributed by atoms with Gasteiger partial charge in [-0.1, -0.05) is 30.0 Å². The maximum Gasteiger partial charge on any atom is 0.316 e. The van der Waals surface area contributed by atoms with Crippen molar-refractivity contribution in [3.05, 3.63) is 41.6 Å². The van der Waals surface area contributed by atoms with E-state index < -0.39 is 0 Å². The van der Waals surface area contributed by atoms with E-state index in [4.69, 9.17) is 4.74 Å². The maximum absolute atomic E-state index is 11.5. The minimum Gasteiger partial charge on any atom is -0.465 e. The van der Waals surface area contributed by atoms with Crippen molar-refractivity contribution in [2.45, 2.75) is 18.9 Å². The van der Waals surface area contributed by atoms with Crippen molar-refractivity contribution in [1.29, 1.82) is 0 Å². The largest absolute Gasteiger partial charge is 0.465 e. The molecule has 0 saturated carbocycles. The van der Waals surface area contributed by atoms with Crippen LogP contribution >= 0.6 is 11.8 Å². The summed E-state index contributed by atoms with van der Waals surface area (Å²) in [6, 6.07) is 9.50. The number of hydrogen-bond donors (Lipinski definition) is 0. The number of hydrogen-bond acceptors (Lipinski definition) is 5. The fraction of sp³-hybridized carbons (Fsp3) is 0.267. The highest BCUT2D eigenvalue weighted by atomic mass is 32.2. The number of esters is 1. The zero-order chi connectivity index (χ0) is 15.2. The molecule has 0 aliphatic carbocycles. The number of aryl methyl sites for hydroxylation is 1. The Morgan fingerprint density at radius 1 is 1.38 bits per heavy atom. The van der Waals surface area contributed by atoms with Gasteiger partial charge in [-0.2, -0.15) is 5.10 Å². The molecule has 0 spiro atoms. The van der Waals surface area contributed by atoms with Crippen LogP contribution in [-0.2, 0) is 9.53 Å². The Morgan fingerprint density at radius 2 is 2.10 bits per heavy atom. The average Bonchev–Trinajstić information content (AvgIpc) is 2.82. The van der Waals surface area contributed by atoms with E-state index in [1.807, 2.05) is 30.3 Å². The van der Waals surface area contributed by atoms with Gasteiger partial charge >= 0.3 is 5.97 Å². The van der Waals surface area contributed by atoms with Gasteiger partial charge in [0.1, 0.15) is 5.03 Å². The molecule has 0 saturated heterocycles. The summed E-state index contributed by atoms with van der Waals surface area (Å²) in [5.41, 5.74) is 1.99. The predicted molar refractivity (Wildman–Crippen MR) is 81.0 cm³/mol. The molecule has 0 radical (unpaired) electrons. The van der Waals surface area contributed by atoms with E-state index in [9.17, 15) is 9.59 Å². The lowest BCUT2D eigenvalue weighted by Crippen LogP contribution is -2.08. The summed E-state index contributed by atoms with van der Waals surface area (Å²) in [5.74, 6) is -0.162. The molecule has 2 aromatic rings. The topological polar surface area (TPSA) is 61.2 Å². The Hall–Kier alpha value is -2.08. The van der Waals surface area contributed by atoms with E-state index in [0.29, 0.717) is 22.9 Å². The Kier molecular flexibility index (Phi) is 5.16. The smallest absolute Gasteiger partial charge is 0.316 e. The number of para-hydroxylation sites is 1. The van der Waals surface area contributed by atoms with Gasteiger partial charge in [-0.15, -0.1) is 0 Å². The van der Waals surface area contributed by atoms with E-state index in [0.717, 1.165) is 12.0 Å². The highest BCUT2D eigenvalue weighted by Crippen LogP contribution is 2.27. The first-order valence-corrected chi connectivity index (χ1v) is 7.54. The Morgan fingerprint density at radius 3 is 2.71 bits per heavy atom. The van der Waals surface area contributed by atoms with Crippen LogP contribution in [0.25, 0.3) is 5.69 Å². The summed E-state index contributed by atoms with van der Waals surface area (Å²) < 4.78 is 6.60. The molecule has 5 nitrogen and oxygen atoms in total.